The molecule has 0 aliphatic rings. The molecule has 0 atom stereocenters. The average Bonchev–Trinajstić information content (AvgIpc) is 2.77. The number of benzene rings is 1. The SMILES string of the molecule is Cc1ccc(C(=O)NOCc2ccccc2)s1. The maximum atomic E-state index is 11.6. The molecule has 2 aromatic rings. The number of aryl methyl sites for hydroxylation is 1. The predicted molar refractivity (Wildman–Crippen MR) is 67.8 cm³/mol. The summed E-state index contributed by atoms with van der Waals surface area (Å²) in [6, 6.07) is 13.4. The average molecular weight is 247 g/mol. The van der Waals surface area contributed by atoms with Crippen LogP contribution in [0.4, 0.5) is 0 Å². The number of hydroxylamine groups is 1. The van der Waals surface area contributed by atoms with E-state index in [0.29, 0.717) is 11.5 Å². The highest BCUT2D eigenvalue weighted by Gasteiger charge is 2.07. The topological polar surface area (TPSA) is 38.3 Å². The molecule has 0 unspecified atom stereocenters. The maximum Gasteiger partial charge on any atom is 0.284 e. The summed E-state index contributed by atoms with van der Waals surface area (Å²) in [6.07, 6.45) is 0. The lowest BCUT2D eigenvalue weighted by atomic mass is 10.2. The van der Waals surface area contributed by atoms with Crippen molar-refractivity contribution in [1.29, 1.82) is 0 Å². The smallest absolute Gasteiger partial charge is 0.269 e. The van der Waals surface area contributed by atoms with E-state index in [4.69, 9.17) is 4.84 Å². The number of carbonyl (C=O) groups excluding carboxylic acids is 1. The molecule has 17 heavy (non-hydrogen) atoms. The Labute approximate surface area is 104 Å². The first-order valence-corrected chi connectivity index (χ1v) is 6.10. The van der Waals surface area contributed by atoms with Crippen molar-refractivity contribution in [2.75, 3.05) is 0 Å². The van der Waals surface area contributed by atoms with E-state index in [0.717, 1.165) is 10.4 Å². The highest BCUT2D eigenvalue weighted by atomic mass is 32.1. The van der Waals surface area contributed by atoms with Crippen molar-refractivity contribution in [2.45, 2.75) is 13.5 Å². The molecule has 1 amide bonds. The van der Waals surface area contributed by atoms with Crippen molar-refractivity contribution in [1.82, 2.24) is 5.48 Å². The number of thiophene rings is 1. The molecule has 0 saturated carbocycles. The maximum absolute atomic E-state index is 11.6. The van der Waals surface area contributed by atoms with Crippen molar-refractivity contribution in [3.63, 3.8) is 0 Å². The fourth-order valence-corrected chi connectivity index (χ4v) is 2.12. The van der Waals surface area contributed by atoms with Crippen LogP contribution in [0, 0.1) is 6.92 Å². The van der Waals surface area contributed by atoms with Crippen LogP contribution in [0.1, 0.15) is 20.1 Å². The van der Waals surface area contributed by atoms with Crippen LogP contribution in [0.2, 0.25) is 0 Å². The molecule has 1 heterocycles. The van der Waals surface area contributed by atoms with Crippen LogP contribution in [0.5, 0.6) is 0 Å². The van der Waals surface area contributed by atoms with E-state index in [9.17, 15) is 4.79 Å². The first-order valence-electron chi connectivity index (χ1n) is 5.28. The fraction of sp³-hybridized carbons (Fsp3) is 0.154. The third-order valence-electron chi connectivity index (χ3n) is 2.21. The van der Waals surface area contributed by atoms with E-state index in [1.165, 1.54) is 11.3 Å². The van der Waals surface area contributed by atoms with Gasteiger partial charge in [0, 0.05) is 4.88 Å². The lowest BCUT2D eigenvalue weighted by Crippen LogP contribution is -2.22. The van der Waals surface area contributed by atoms with Gasteiger partial charge in [-0.05, 0) is 24.6 Å². The highest BCUT2D eigenvalue weighted by molar-refractivity contribution is 7.13. The molecule has 0 spiro atoms. The Morgan fingerprint density at radius 3 is 2.65 bits per heavy atom. The molecule has 88 valence electrons. The van der Waals surface area contributed by atoms with E-state index in [-0.39, 0.29) is 5.91 Å². The third-order valence-corrected chi connectivity index (χ3v) is 3.21. The zero-order chi connectivity index (χ0) is 12.1. The Hall–Kier alpha value is -1.65. The standard InChI is InChI=1S/C13H13NO2S/c1-10-7-8-12(17-10)13(15)14-16-9-11-5-3-2-4-6-11/h2-8H,9H2,1H3,(H,14,15). The Balaban J connectivity index is 1.81. The minimum absolute atomic E-state index is 0.195. The third kappa shape index (κ3) is 3.41. The van der Waals surface area contributed by atoms with E-state index < -0.39 is 0 Å². The summed E-state index contributed by atoms with van der Waals surface area (Å²) in [5.74, 6) is -0.195. The molecule has 0 saturated heterocycles. The van der Waals surface area contributed by atoms with Gasteiger partial charge in [-0.2, -0.15) is 0 Å². The molecule has 0 aliphatic carbocycles. The number of carbonyl (C=O) groups is 1. The van der Waals surface area contributed by atoms with E-state index in [1.54, 1.807) is 6.07 Å². The number of nitrogens with one attached hydrogen (secondary N) is 1. The fourth-order valence-electron chi connectivity index (χ4n) is 1.37. The Morgan fingerprint density at radius 2 is 2.00 bits per heavy atom. The van der Waals surface area contributed by atoms with Gasteiger partial charge in [0.15, 0.2) is 0 Å². The van der Waals surface area contributed by atoms with Crippen LogP contribution >= 0.6 is 11.3 Å². The van der Waals surface area contributed by atoms with Gasteiger partial charge in [-0.1, -0.05) is 30.3 Å². The second-order valence-corrected chi connectivity index (χ2v) is 4.90. The molecule has 0 radical (unpaired) electrons. The summed E-state index contributed by atoms with van der Waals surface area (Å²) in [7, 11) is 0. The minimum Gasteiger partial charge on any atom is -0.269 e. The van der Waals surface area contributed by atoms with E-state index in [1.807, 2.05) is 43.3 Å². The van der Waals surface area contributed by atoms with Crippen molar-refractivity contribution >= 4 is 17.2 Å². The molecule has 0 bridgehead atoms. The van der Waals surface area contributed by atoms with Crippen LogP contribution in [0.25, 0.3) is 0 Å². The van der Waals surface area contributed by atoms with Crippen LogP contribution in [-0.2, 0) is 11.4 Å². The van der Waals surface area contributed by atoms with Crippen LogP contribution < -0.4 is 5.48 Å². The van der Waals surface area contributed by atoms with E-state index in [2.05, 4.69) is 5.48 Å². The zero-order valence-corrected chi connectivity index (χ0v) is 10.3. The molecular weight excluding hydrogens is 234 g/mol. The monoisotopic (exact) mass is 247 g/mol. The first-order chi connectivity index (χ1) is 8.25. The van der Waals surface area contributed by atoms with Crippen molar-refractivity contribution < 1.29 is 9.63 Å². The van der Waals surface area contributed by atoms with Gasteiger partial charge in [0.2, 0.25) is 0 Å². The van der Waals surface area contributed by atoms with Gasteiger partial charge >= 0.3 is 0 Å². The van der Waals surface area contributed by atoms with Gasteiger partial charge in [0.25, 0.3) is 5.91 Å². The Morgan fingerprint density at radius 1 is 1.24 bits per heavy atom. The molecule has 1 aromatic carbocycles. The molecule has 0 fully saturated rings. The van der Waals surface area contributed by atoms with Crippen molar-refractivity contribution in [2.24, 2.45) is 0 Å². The lowest BCUT2D eigenvalue weighted by Gasteiger charge is -2.04. The van der Waals surface area contributed by atoms with Gasteiger partial charge < -0.3 is 0 Å². The number of rotatable bonds is 4. The largest absolute Gasteiger partial charge is 0.284 e. The second-order valence-electron chi connectivity index (χ2n) is 3.62. The normalized spacial score (nSPS) is 10.2. The quantitative estimate of drug-likeness (QED) is 0.844. The Bertz CT molecular complexity index is 493. The van der Waals surface area contributed by atoms with Gasteiger partial charge in [-0.3, -0.25) is 9.63 Å². The molecule has 2 rings (SSSR count). The summed E-state index contributed by atoms with van der Waals surface area (Å²) in [6.45, 7) is 2.34. The number of hydrogen-bond donors (Lipinski definition) is 1. The van der Waals surface area contributed by atoms with Crippen molar-refractivity contribution in [3.8, 4) is 0 Å². The summed E-state index contributed by atoms with van der Waals surface area (Å²) >= 11 is 1.45. The molecule has 4 heteroatoms. The molecule has 3 nitrogen and oxygen atoms in total. The van der Waals surface area contributed by atoms with Crippen LogP contribution in [0.3, 0.4) is 0 Å². The minimum atomic E-state index is -0.195. The van der Waals surface area contributed by atoms with Gasteiger partial charge in [-0.25, -0.2) is 5.48 Å². The number of hydrogen-bond acceptors (Lipinski definition) is 3. The summed E-state index contributed by atoms with van der Waals surface area (Å²) in [5.41, 5.74) is 3.46. The summed E-state index contributed by atoms with van der Waals surface area (Å²) in [4.78, 5) is 18.5. The lowest BCUT2D eigenvalue weighted by molar-refractivity contribution is 0.0237. The summed E-state index contributed by atoms with van der Waals surface area (Å²) < 4.78 is 0. The Kier molecular flexibility index (Phi) is 3.90. The first kappa shape index (κ1) is 11.8. The van der Waals surface area contributed by atoms with Crippen molar-refractivity contribution in [3.05, 3.63) is 57.8 Å². The highest BCUT2D eigenvalue weighted by Crippen LogP contribution is 2.14. The molecular formula is C13H13NO2S. The molecule has 0 aliphatic heterocycles. The van der Waals surface area contributed by atoms with E-state index >= 15 is 0 Å². The summed E-state index contributed by atoms with van der Waals surface area (Å²) in [5, 5.41) is 0. The van der Waals surface area contributed by atoms with Gasteiger partial charge in [0.1, 0.15) is 0 Å². The number of amides is 1. The van der Waals surface area contributed by atoms with Gasteiger partial charge in [-0.15, -0.1) is 11.3 Å². The molecule has 1 aromatic heterocycles. The molecule has 1 N–H and O–H groups in total. The van der Waals surface area contributed by atoms with Gasteiger partial charge in [0.05, 0.1) is 11.5 Å². The predicted octanol–water partition coefficient (Wildman–Crippen LogP) is 2.92. The van der Waals surface area contributed by atoms with Crippen LogP contribution in [-0.4, -0.2) is 5.91 Å². The second kappa shape index (κ2) is 5.61. The van der Waals surface area contributed by atoms with Crippen LogP contribution in [0.15, 0.2) is 42.5 Å². The zero-order valence-electron chi connectivity index (χ0n) is 9.47.